The van der Waals surface area contributed by atoms with Crippen LogP contribution in [0.15, 0.2) is 72.8 Å². The Morgan fingerprint density at radius 1 is 0.968 bits per heavy atom. The minimum atomic E-state index is -0.289. The van der Waals surface area contributed by atoms with Crippen molar-refractivity contribution in [2.24, 2.45) is 0 Å². The normalized spacial score (nSPS) is 10.4. The lowest BCUT2D eigenvalue weighted by molar-refractivity contribution is -0.117. The average Bonchev–Trinajstić information content (AvgIpc) is 2.74. The summed E-state index contributed by atoms with van der Waals surface area (Å²) in [6, 6.07) is 23.9. The van der Waals surface area contributed by atoms with Crippen molar-refractivity contribution in [3.8, 4) is 6.07 Å². The van der Waals surface area contributed by atoms with Crippen LogP contribution in [0.2, 0.25) is 0 Å². The third-order valence-corrected chi connectivity index (χ3v) is 4.64. The van der Waals surface area contributed by atoms with Crippen LogP contribution in [-0.4, -0.2) is 30.3 Å². The summed E-state index contributed by atoms with van der Waals surface area (Å²) in [5, 5.41) is 14.7. The van der Waals surface area contributed by atoms with E-state index in [9.17, 15) is 9.59 Å². The molecule has 0 fully saturated rings. The molecule has 0 aliphatic carbocycles. The lowest BCUT2D eigenvalue weighted by atomic mass is 10.1. The van der Waals surface area contributed by atoms with Crippen LogP contribution in [0.25, 0.3) is 0 Å². The summed E-state index contributed by atoms with van der Waals surface area (Å²) in [4.78, 5) is 27.2. The van der Waals surface area contributed by atoms with Crippen LogP contribution in [0.5, 0.6) is 0 Å². The molecular formula is C25H24N4O2. The number of rotatable bonds is 7. The molecule has 0 bridgehead atoms. The van der Waals surface area contributed by atoms with Crippen molar-refractivity contribution in [1.82, 2.24) is 4.90 Å². The second-order valence-corrected chi connectivity index (χ2v) is 7.40. The standard InChI is InChI=1S/C25H24N4O2/c1-18-7-5-10-21(13-18)27-25(31)22-11-3-4-12-23(22)28-24(30)17-29(2)16-20-9-6-8-19(14-20)15-26/h3-14H,16-17H2,1-2H3,(H,27,31)(H,28,30). The number of carbonyl (C=O) groups excluding carboxylic acids is 2. The summed E-state index contributed by atoms with van der Waals surface area (Å²) in [6.45, 7) is 2.62. The predicted octanol–water partition coefficient (Wildman–Crippen LogP) is 4.19. The maximum absolute atomic E-state index is 12.8. The van der Waals surface area contributed by atoms with E-state index in [2.05, 4.69) is 16.7 Å². The molecule has 0 heterocycles. The number of aryl methyl sites for hydroxylation is 1. The number of benzene rings is 3. The van der Waals surface area contributed by atoms with Crippen molar-refractivity contribution in [2.45, 2.75) is 13.5 Å². The third kappa shape index (κ3) is 6.26. The molecule has 0 saturated heterocycles. The van der Waals surface area contributed by atoms with Gasteiger partial charge in [-0.05, 0) is 61.5 Å². The van der Waals surface area contributed by atoms with Crippen LogP contribution in [0.3, 0.4) is 0 Å². The molecule has 31 heavy (non-hydrogen) atoms. The highest BCUT2D eigenvalue weighted by Crippen LogP contribution is 2.18. The quantitative estimate of drug-likeness (QED) is 0.609. The predicted molar refractivity (Wildman–Crippen MR) is 122 cm³/mol. The van der Waals surface area contributed by atoms with E-state index in [0.29, 0.717) is 29.0 Å². The molecular weight excluding hydrogens is 388 g/mol. The van der Waals surface area contributed by atoms with E-state index in [1.807, 2.05) is 55.3 Å². The lowest BCUT2D eigenvalue weighted by Gasteiger charge is -2.17. The van der Waals surface area contributed by atoms with Gasteiger partial charge in [-0.1, -0.05) is 36.4 Å². The first-order valence-electron chi connectivity index (χ1n) is 9.89. The highest BCUT2D eigenvalue weighted by Gasteiger charge is 2.15. The van der Waals surface area contributed by atoms with Gasteiger partial charge in [-0.3, -0.25) is 14.5 Å². The van der Waals surface area contributed by atoms with Crippen LogP contribution in [0.4, 0.5) is 11.4 Å². The number of likely N-dealkylation sites (N-methyl/N-ethyl adjacent to an activating group) is 1. The average molecular weight is 412 g/mol. The Balaban J connectivity index is 1.63. The molecule has 6 nitrogen and oxygen atoms in total. The number of nitriles is 1. The van der Waals surface area contributed by atoms with Crippen LogP contribution >= 0.6 is 0 Å². The fourth-order valence-corrected chi connectivity index (χ4v) is 3.25. The molecule has 2 amide bonds. The van der Waals surface area contributed by atoms with Crippen LogP contribution in [0, 0.1) is 18.3 Å². The fourth-order valence-electron chi connectivity index (χ4n) is 3.25. The lowest BCUT2D eigenvalue weighted by Crippen LogP contribution is -2.30. The first kappa shape index (κ1) is 21.8. The number of carbonyl (C=O) groups is 2. The topological polar surface area (TPSA) is 85.2 Å². The number of hydrogen-bond donors (Lipinski definition) is 2. The van der Waals surface area contributed by atoms with Crippen molar-refractivity contribution in [3.63, 3.8) is 0 Å². The Labute approximate surface area is 182 Å². The molecule has 0 radical (unpaired) electrons. The van der Waals surface area contributed by atoms with Gasteiger partial charge in [0.1, 0.15) is 0 Å². The molecule has 2 N–H and O–H groups in total. The minimum Gasteiger partial charge on any atom is -0.324 e. The summed E-state index contributed by atoms with van der Waals surface area (Å²) in [6.07, 6.45) is 0. The number of anilines is 2. The number of amides is 2. The van der Waals surface area contributed by atoms with Crippen molar-refractivity contribution >= 4 is 23.2 Å². The zero-order chi connectivity index (χ0) is 22.2. The molecule has 0 saturated carbocycles. The van der Waals surface area contributed by atoms with Crippen LogP contribution in [-0.2, 0) is 11.3 Å². The van der Waals surface area contributed by atoms with Gasteiger partial charge in [-0.25, -0.2) is 0 Å². The molecule has 3 aromatic rings. The fraction of sp³-hybridized carbons (Fsp3) is 0.160. The zero-order valence-electron chi connectivity index (χ0n) is 17.6. The first-order chi connectivity index (χ1) is 14.9. The highest BCUT2D eigenvalue weighted by molar-refractivity contribution is 6.10. The molecule has 6 heteroatoms. The summed E-state index contributed by atoms with van der Waals surface area (Å²) >= 11 is 0. The Morgan fingerprint density at radius 3 is 2.52 bits per heavy atom. The van der Waals surface area contributed by atoms with E-state index in [1.165, 1.54) is 0 Å². The van der Waals surface area contributed by atoms with Crippen molar-refractivity contribution < 1.29 is 9.59 Å². The molecule has 0 unspecified atom stereocenters. The Kier molecular flexibility index (Phi) is 7.15. The number of nitrogens with one attached hydrogen (secondary N) is 2. The summed E-state index contributed by atoms with van der Waals surface area (Å²) in [5.74, 6) is -0.516. The molecule has 0 atom stereocenters. The van der Waals surface area contributed by atoms with Crippen LogP contribution in [0.1, 0.15) is 27.0 Å². The van der Waals surface area contributed by atoms with E-state index < -0.39 is 0 Å². The number of nitrogens with zero attached hydrogens (tertiary/aromatic N) is 2. The molecule has 3 aromatic carbocycles. The summed E-state index contributed by atoms with van der Waals surface area (Å²) in [5.41, 5.74) is 4.13. The second-order valence-electron chi connectivity index (χ2n) is 7.40. The van der Waals surface area contributed by atoms with Gasteiger partial charge in [0.25, 0.3) is 5.91 Å². The summed E-state index contributed by atoms with van der Waals surface area (Å²) < 4.78 is 0. The van der Waals surface area contributed by atoms with Gasteiger partial charge in [0.05, 0.1) is 29.4 Å². The maximum Gasteiger partial charge on any atom is 0.257 e. The van der Waals surface area contributed by atoms with E-state index in [4.69, 9.17) is 5.26 Å². The molecule has 3 rings (SSSR count). The Hall–Kier alpha value is -3.95. The number of para-hydroxylation sites is 1. The van der Waals surface area contributed by atoms with Gasteiger partial charge in [0, 0.05) is 12.2 Å². The Morgan fingerprint density at radius 2 is 1.74 bits per heavy atom. The second kappa shape index (κ2) is 10.2. The van der Waals surface area contributed by atoms with Crippen molar-refractivity contribution in [3.05, 3.63) is 95.1 Å². The van der Waals surface area contributed by atoms with Gasteiger partial charge >= 0.3 is 0 Å². The van der Waals surface area contributed by atoms with Gasteiger partial charge in [-0.2, -0.15) is 5.26 Å². The first-order valence-corrected chi connectivity index (χ1v) is 9.89. The largest absolute Gasteiger partial charge is 0.324 e. The van der Waals surface area contributed by atoms with E-state index >= 15 is 0 Å². The van der Waals surface area contributed by atoms with Crippen molar-refractivity contribution in [1.29, 1.82) is 5.26 Å². The van der Waals surface area contributed by atoms with E-state index in [0.717, 1.165) is 11.1 Å². The number of hydrogen-bond acceptors (Lipinski definition) is 4. The van der Waals surface area contributed by atoms with Gasteiger partial charge in [-0.15, -0.1) is 0 Å². The maximum atomic E-state index is 12.8. The van der Waals surface area contributed by atoms with E-state index in [-0.39, 0.29) is 18.4 Å². The molecule has 0 spiro atoms. The monoisotopic (exact) mass is 412 g/mol. The minimum absolute atomic E-state index is 0.143. The molecule has 156 valence electrons. The van der Waals surface area contributed by atoms with E-state index in [1.54, 1.807) is 36.4 Å². The SMILES string of the molecule is Cc1cccc(NC(=O)c2ccccc2NC(=O)CN(C)Cc2cccc(C#N)c2)c1. The van der Waals surface area contributed by atoms with Gasteiger partial charge in [0.15, 0.2) is 0 Å². The summed E-state index contributed by atoms with van der Waals surface area (Å²) in [7, 11) is 1.83. The van der Waals surface area contributed by atoms with Gasteiger partial charge < -0.3 is 10.6 Å². The smallest absolute Gasteiger partial charge is 0.257 e. The molecule has 0 aromatic heterocycles. The zero-order valence-corrected chi connectivity index (χ0v) is 17.6. The Bertz CT molecular complexity index is 1130. The molecule has 0 aliphatic heterocycles. The highest BCUT2D eigenvalue weighted by atomic mass is 16.2. The van der Waals surface area contributed by atoms with Gasteiger partial charge in [0.2, 0.25) is 5.91 Å². The van der Waals surface area contributed by atoms with Crippen molar-refractivity contribution in [2.75, 3.05) is 24.2 Å². The van der Waals surface area contributed by atoms with Crippen LogP contribution < -0.4 is 10.6 Å². The third-order valence-electron chi connectivity index (χ3n) is 4.64. The molecule has 0 aliphatic rings.